The van der Waals surface area contributed by atoms with Gasteiger partial charge in [0.2, 0.25) is 0 Å². The highest BCUT2D eigenvalue weighted by Crippen LogP contribution is 2.27. The molecule has 16 heavy (non-hydrogen) atoms. The lowest BCUT2D eigenvalue weighted by atomic mass is 10.0. The number of rotatable bonds is 1. The first-order valence-electron chi connectivity index (χ1n) is 4.90. The van der Waals surface area contributed by atoms with E-state index >= 15 is 0 Å². The summed E-state index contributed by atoms with van der Waals surface area (Å²) in [6.45, 7) is 0.394. The van der Waals surface area contributed by atoms with Gasteiger partial charge in [-0.3, -0.25) is 9.59 Å². The molecule has 0 bridgehead atoms. The molecule has 1 saturated heterocycles. The Balaban J connectivity index is 2.32. The van der Waals surface area contributed by atoms with E-state index in [1.54, 1.807) is 13.1 Å². The van der Waals surface area contributed by atoms with E-state index in [0.29, 0.717) is 11.6 Å². The Hall–Kier alpha value is -1.55. The smallest absolute Gasteiger partial charge is 0.312 e. The van der Waals surface area contributed by atoms with Crippen LogP contribution >= 0.6 is 11.6 Å². The highest BCUT2D eigenvalue weighted by Gasteiger charge is 2.32. The zero-order valence-electron chi connectivity index (χ0n) is 8.74. The van der Waals surface area contributed by atoms with Crippen molar-refractivity contribution in [2.75, 3.05) is 13.6 Å². The zero-order valence-corrected chi connectivity index (χ0v) is 9.49. The normalized spacial score (nSPS) is 20.9. The molecule has 1 atom stereocenters. The number of halogens is 1. The molecule has 5 heteroatoms. The predicted octanol–water partition coefficient (Wildman–Crippen LogP) is 0.969. The van der Waals surface area contributed by atoms with Crippen molar-refractivity contribution in [2.24, 2.45) is 0 Å². The minimum atomic E-state index is -0.564. The number of nitrogens with zero attached hydrogens (tertiary/aromatic N) is 1. The number of hydrogen-bond donors (Lipinski definition) is 1. The van der Waals surface area contributed by atoms with Gasteiger partial charge in [0.25, 0.3) is 0 Å². The third kappa shape index (κ3) is 1.76. The van der Waals surface area contributed by atoms with E-state index in [0.717, 1.165) is 5.56 Å². The first-order valence-corrected chi connectivity index (χ1v) is 5.28. The Labute approximate surface area is 98.2 Å². The average Bonchev–Trinajstić information content (AvgIpc) is 2.28. The Morgan fingerprint density at radius 2 is 2.06 bits per heavy atom. The van der Waals surface area contributed by atoms with E-state index in [9.17, 15) is 9.59 Å². The molecule has 0 aromatic heterocycles. The summed E-state index contributed by atoms with van der Waals surface area (Å²) in [5.41, 5.74) is 0.847. The molecule has 1 N–H and O–H groups in total. The second kappa shape index (κ2) is 4.14. The standard InChI is InChI=1S/C11H11ClN2O2/c1-14-9(6-13-10(15)11(14)16)7-4-2-3-5-8(7)12/h2-5,9H,6H2,1H3,(H,13,15)/t9-/m1/s1. The maximum atomic E-state index is 11.5. The van der Waals surface area contributed by atoms with Crippen molar-refractivity contribution < 1.29 is 9.59 Å². The average molecular weight is 239 g/mol. The van der Waals surface area contributed by atoms with Gasteiger partial charge in [-0.05, 0) is 11.6 Å². The van der Waals surface area contributed by atoms with Gasteiger partial charge < -0.3 is 10.2 Å². The molecule has 0 unspecified atom stereocenters. The van der Waals surface area contributed by atoms with E-state index in [1.165, 1.54) is 4.90 Å². The van der Waals surface area contributed by atoms with Crippen LogP contribution in [0.25, 0.3) is 0 Å². The van der Waals surface area contributed by atoms with E-state index in [2.05, 4.69) is 5.32 Å². The summed E-state index contributed by atoms with van der Waals surface area (Å²) in [6.07, 6.45) is 0. The number of benzene rings is 1. The molecule has 0 spiro atoms. The SMILES string of the molecule is CN1C(=O)C(=O)NC[C@@H]1c1ccccc1Cl. The molecule has 1 aromatic carbocycles. The van der Waals surface area contributed by atoms with Gasteiger partial charge in [0, 0.05) is 18.6 Å². The number of carbonyl (C=O) groups excluding carboxylic acids is 2. The number of amides is 2. The minimum Gasteiger partial charge on any atom is -0.345 e. The topological polar surface area (TPSA) is 49.4 Å². The van der Waals surface area contributed by atoms with Crippen LogP contribution in [-0.2, 0) is 9.59 Å². The van der Waals surface area contributed by atoms with Gasteiger partial charge >= 0.3 is 11.8 Å². The van der Waals surface area contributed by atoms with Gasteiger partial charge in [-0.25, -0.2) is 0 Å². The molecule has 1 aromatic rings. The molecule has 0 radical (unpaired) electrons. The van der Waals surface area contributed by atoms with Crippen LogP contribution in [0, 0.1) is 0 Å². The van der Waals surface area contributed by atoms with Gasteiger partial charge in [-0.2, -0.15) is 0 Å². The first kappa shape index (κ1) is 11.0. The Bertz CT molecular complexity index is 447. The minimum absolute atomic E-state index is 0.195. The van der Waals surface area contributed by atoms with E-state index < -0.39 is 11.8 Å². The number of piperazine rings is 1. The van der Waals surface area contributed by atoms with Crippen molar-refractivity contribution in [3.8, 4) is 0 Å². The molecule has 0 aliphatic carbocycles. The van der Waals surface area contributed by atoms with Crippen LogP contribution in [0.2, 0.25) is 5.02 Å². The number of nitrogens with one attached hydrogen (secondary N) is 1. The molecule has 1 fully saturated rings. The fourth-order valence-corrected chi connectivity index (χ4v) is 2.03. The van der Waals surface area contributed by atoms with Crippen molar-refractivity contribution in [3.63, 3.8) is 0 Å². The third-order valence-electron chi connectivity index (χ3n) is 2.70. The maximum absolute atomic E-state index is 11.5. The lowest BCUT2D eigenvalue weighted by Gasteiger charge is -2.32. The van der Waals surface area contributed by atoms with E-state index in [-0.39, 0.29) is 6.04 Å². The monoisotopic (exact) mass is 238 g/mol. The third-order valence-corrected chi connectivity index (χ3v) is 3.05. The van der Waals surface area contributed by atoms with Crippen molar-refractivity contribution in [3.05, 3.63) is 34.9 Å². The van der Waals surface area contributed by atoms with Crippen molar-refractivity contribution in [2.45, 2.75) is 6.04 Å². The van der Waals surface area contributed by atoms with Gasteiger partial charge in [0.1, 0.15) is 0 Å². The van der Waals surface area contributed by atoms with Gasteiger partial charge in [0.15, 0.2) is 0 Å². The Morgan fingerprint density at radius 3 is 2.75 bits per heavy atom. The molecular formula is C11H11ClN2O2. The van der Waals surface area contributed by atoms with Crippen LogP contribution in [0.15, 0.2) is 24.3 Å². The summed E-state index contributed by atoms with van der Waals surface area (Å²) in [5.74, 6) is -1.10. The predicted molar refractivity (Wildman–Crippen MR) is 60.0 cm³/mol. The molecule has 84 valence electrons. The maximum Gasteiger partial charge on any atom is 0.312 e. The lowest BCUT2D eigenvalue weighted by Crippen LogP contribution is -2.52. The summed E-state index contributed by atoms with van der Waals surface area (Å²) in [6, 6.07) is 7.11. The summed E-state index contributed by atoms with van der Waals surface area (Å²) in [4.78, 5) is 24.0. The number of carbonyl (C=O) groups is 2. The highest BCUT2D eigenvalue weighted by molar-refractivity contribution is 6.35. The van der Waals surface area contributed by atoms with E-state index in [1.807, 2.05) is 18.2 Å². The van der Waals surface area contributed by atoms with Crippen molar-refractivity contribution in [1.29, 1.82) is 0 Å². The Morgan fingerprint density at radius 1 is 1.38 bits per heavy atom. The Kier molecular flexibility index (Phi) is 2.83. The van der Waals surface area contributed by atoms with Crippen LogP contribution < -0.4 is 5.32 Å². The molecule has 2 amide bonds. The summed E-state index contributed by atoms with van der Waals surface area (Å²) in [7, 11) is 1.61. The number of likely N-dealkylation sites (N-methyl/N-ethyl adjacent to an activating group) is 1. The van der Waals surface area contributed by atoms with Crippen LogP contribution in [0.1, 0.15) is 11.6 Å². The van der Waals surface area contributed by atoms with Crippen LogP contribution in [0.4, 0.5) is 0 Å². The van der Waals surface area contributed by atoms with Crippen LogP contribution in [0.5, 0.6) is 0 Å². The molecule has 4 nitrogen and oxygen atoms in total. The van der Waals surface area contributed by atoms with Crippen LogP contribution in [-0.4, -0.2) is 30.3 Å². The molecule has 1 heterocycles. The largest absolute Gasteiger partial charge is 0.345 e. The summed E-state index contributed by atoms with van der Waals surface area (Å²) < 4.78 is 0. The van der Waals surface area contributed by atoms with Crippen LogP contribution in [0.3, 0.4) is 0 Å². The second-order valence-electron chi connectivity index (χ2n) is 3.66. The van der Waals surface area contributed by atoms with Crippen molar-refractivity contribution >= 4 is 23.4 Å². The highest BCUT2D eigenvalue weighted by atomic mass is 35.5. The fraction of sp³-hybridized carbons (Fsp3) is 0.273. The second-order valence-corrected chi connectivity index (χ2v) is 4.07. The quantitative estimate of drug-likeness (QED) is 0.742. The molecule has 1 aliphatic rings. The van der Waals surface area contributed by atoms with Crippen molar-refractivity contribution in [1.82, 2.24) is 10.2 Å². The van der Waals surface area contributed by atoms with E-state index in [4.69, 9.17) is 11.6 Å². The molecule has 0 saturated carbocycles. The molecule has 1 aliphatic heterocycles. The fourth-order valence-electron chi connectivity index (χ4n) is 1.77. The molecule has 2 rings (SSSR count). The number of hydrogen-bond acceptors (Lipinski definition) is 2. The van der Waals surface area contributed by atoms with Gasteiger partial charge in [-0.1, -0.05) is 29.8 Å². The first-order chi connectivity index (χ1) is 7.61. The zero-order chi connectivity index (χ0) is 11.7. The summed E-state index contributed by atoms with van der Waals surface area (Å²) >= 11 is 6.06. The van der Waals surface area contributed by atoms with Gasteiger partial charge in [0.05, 0.1) is 6.04 Å². The lowest BCUT2D eigenvalue weighted by molar-refractivity contribution is -0.149. The summed E-state index contributed by atoms with van der Waals surface area (Å²) in [5, 5.41) is 3.15. The molecular weight excluding hydrogens is 228 g/mol. The van der Waals surface area contributed by atoms with Gasteiger partial charge in [-0.15, -0.1) is 0 Å².